The molecule has 0 atom stereocenters. The highest BCUT2D eigenvalue weighted by molar-refractivity contribution is 7.07. The molecular weight excluding hydrogens is 258 g/mol. The second-order valence-corrected chi connectivity index (χ2v) is 4.79. The molecular formula is C15H13NO2S. The molecule has 0 amide bonds. The Hall–Kier alpha value is -2.07. The summed E-state index contributed by atoms with van der Waals surface area (Å²) in [4.78, 5) is 4.40. The van der Waals surface area contributed by atoms with Gasteiger partial charge in [-0.2, -0.15) is 0 Å². The van der Waals surface area contributed by atoms with Crippen LogP contribution in [0.25, 0.3) is 22.0 Å². The highest BCUT2D eigenvalue weighted by Crippen LogP contribution is 2.41. The van der Waals surface area contributed by atoms with Crippen molar-refractivity contribution in [2.45, 2.75) is 0 Å². The smallest absolute Gasteiger partial charge is 0.132 e. The van der Waals surface area contributed by atoms with Crippen LogP contribution in [0.1, 0.15) is 0 Å². The van der Waals surface area contributed by atoms with Gasteiger partial charge in [-0.15, -0.1) is 11.3 Å². The van der Waals surface area contributed by atoms with E-state index in [1.165, 1.54) is 0 Å². The lowest BCUT2D eigenvalue weighted by Gasteiger charge is -2.13. The van der Waals surface area contributed by atoms with Crippen molar-refractivity contribution in [2.75, 3.05) is 14.2 Å². The summed E-state index contributed by atoms with van der Waals surface area (Å²) in [6.45, 7) is 0. The standard InChI is InChI=1S/C15H13NO2S/c1-17-13-7-14(18-2)15(12-8-19-9-16-12)11-6-4-3-5-10(11)13/h3-9H,1-2H3. The first-order valence-corrected chi connectivity index (χ1v) is 6.81. The Kier molecular flexibility index (Phi) is 3.09. The molecule has 3 rings (SSSR count). The molecule has 0 unspecified atom stereocenters. The van der Waals surface area contributed by atoms with Gasteiger partial charge in [-0.25, -0.2) is 4.98 Å². The number of benzene rings is 2. The average molecular weight is 271 g/mol. The minimum absolute atomic E-state index is 0.779. The van der Waals surface area contributed by atoms with Crippen LogP contribution in [0, 0.1) is 0 Å². The van der Waals surface area contributed by atoms with Crippen LogP contribution < -0.4 is 9.47 Å². The van der Waals surface area contributed by atoms with Crippen molar-refractivity contribution >= 4 is 22.1 Å². The van der Waals surface area contributed by atoms with E-state index in [1.54, 1.807) is 25.6 Å². The van der Waals surface area contributed by atoms with Crippen molar-refractivity contribution in [1.82, 2.24) is 4.98 Å². The molecule has 19 heavy (non-hydrogen) atoms. The van der Waals surface area contributed by atoms with Gasteiger partial charge in [0.05, 0.1) is 31.0 Å². The van der Waals surface area contributed by atoms with Crippen molar-refractivity contribution in [3.05, 3.63) is 41.2 Å². The molecule has 0 spiro atoms. The van der Waals surface area contributed by atoms with Gasteiger partial charge >= 0.3 is 0 Å². The summed E-state index contributed by atoms with van der Waals surface area (Å²) in [5, 5.41) is 4.18. The van der Waals surface area contributed by atoms with Gasteiger partial charge < -0.3 is 9.47 Å². The number of rotatable bonds is 3. The maximum absolute atomic E-state index is 5.50. The van der Waals surface area contributed by atoms with Gasteiger partial charge in [0, 0.05) is 16.8 Å². The zero-order valence-electron chi connectivity index (χ0n) is 10.7. The third kappa shape index (κ3) is 1.94. The van der Waals surface area contributed by atoms with Gasteiger partial charge in [0.15, 0.2) is 0 Å². The van der Waals surface area contributed by atoms with Crippen LogP contribution in [0.2, 0.25) is 0 Å². The molecule has 0 aliphatic heterocycles. The lowest BCUT2D eigenvalue weighted by Crippen LogP contribution is -1.93. The van der Waals surface area contributed by atoms with Crippen LogP contribution in [0.4, 0.5) is 0 Å². The monoisotopic (exact) mass is 271 g/mol. The minimum atomic E-state index is 0.779. The van der Waals surface area contributed by atoms with Crippen molar-refractivity contribution in [3.8, 4) is 22.8 Å². The molecule has 0 radical (unpaired) electrons. The fraction of sp³-hybridized carbons (Fsp3) is 0.133. The molecule has 0 saturated heterocycles. The Morgan fingerprint density at radius 1 is 1.00 bits per heavy atom. The van der Waals surface area contributed by atoms with E-state index < -0.39 is 0 Å². The Morgan fingerprint density at radius 2 is 1.74 bits per heavy atom. The Labute approximate surface area is 115 Å². The summed E-state index contributed by atoms with van der Waals surface area (Å²) >= 11 is 1.57. The quantitative estimate of drug-likeness (QED) is 0.722. The second-order valence-electron chi connectivity index (χ2n) is 4.08. The number of nitrogens with zero attached hydrogens (tertiary/aromatic N) is 1. The van der Waals surface area contributed by atoms with Crippen molar-refractivity contribution in [1.29, 1.82) is 0 Å². The summed E-state index contributed by atoms with van der Waals surface area (Å²) in [6.07, 6.45) is 0. The van der Waals surface area contributed by atoms with Crippen LogP contribution in [-0.4, -0.2) is 19.2 Å². The molecule has 1 aromatic heterocycles. The van der Waals surface area contributed by atoms with Gasteiger partial charge in [0.2, 0.25) is 0 Å². The van der Waals surface area contributed by atoms with Crippen LogP contribution in [0.3, 0.4) is 0 Å². The number of aromatic nitrogens is 1. The highest BCUT2D eigenvalue weighted by atomic mass is 32.1. The van der Waals surface area contributed by atoms with E-state index >= 15 is 0 Å². The number of methoxy groups -OCH3 is 2. The molecule has 3 aromatic rings. The Balaban J connectivity index is 2.42. The lowest BCUT2D eigenvalue weighted by molar-refractivity contribution is 0.399. The molecule has 0 bridgehead atoms. The number of thiazole rings is 1. The molecule has 1 heterocycles. The topological polar surface area (TPSA) is 31.4 Å². The maximum Gasteiger partial charge on any atom is 0.132 e. The second kappa shape index (κ2) is 4.90. The van der Waals surface area contributed by atoms with Crippen LogP contribution in [0.15, 0.2) is 41.2 Å². The van der Waals surface area contributed by atoms with Crippen molar-refractivity contribution in [2.24, 2.45) is 0 Å². The molecule has 2 aromatic carbocycles. The Morgan fingerprint density at radius 3 is 2.37 bits per heavy atom. The summed E-state index contributed by atoms with van der Waals surface area (Å²) in [5.41, 5.74) is 3.77. The predicted molar refractivity (Wildman–Crippen MR) is 78.2 cm³/mol. The summed E-state index contributed by atoms with van der Waals surface area (Å²) in [6, 6.07) is 10.0. The summed E-state index contributed by atoms with van der Waals surface area (Å²) < 4.78 is 10.9. The molecule has 3 nitrogen and oxygen atoms in total. The number of hydrogen-bond acceptors (Lipinski definition) is 4. The Bertz CT molecular complexity index is 707. The molecule has 0 fully saturated rings. The lowest BCUT2D eigenvalue weighted by atomic mass is 10.0. The molecule has 0 N–H and O–H groups in total. The maximum atomic E-state index is 5.50. The van der Waals surface area contributed by atoms with Gasteiger partial charge in [0.1, 0.15) is 11.5 Å². The minimum Gasteiger partial charge on any atom is -0.496 e. The van der Waals surface area contributed by atoms with Crippen molar-refractivity contribution in [3.63, 3.8) is 0 Å². The van der Waals surface area contributed by atoms with Crippen molar-refractivity contribution < 1.29 is 9.47 Å². The number of ether oxygens (including phenoxy) is 2. The summed E-state index contributed by atoms with van der Waals surface area (Å²) in [7, 11) is 3.34. The molecule has 96 valence electrons. The predicted octanol–water partition coefficient (Wildman–Crippen LogP) is 3.98. The van der Waals surface area contributed by atoms with E-state index in [4.69, 9.17) is 9.47 Å². The van der Waals surface area contributed by atoms with E-state index in [2.05, 4.69) is 11.1 Å². The van der Waals surface area contributed by atoms with Gasteiger partial charge in [-0.05, 0) is 5.39 Å². The van der Waals surface area contributed by atoms with Crippen LogP contribution in [0.5, 0.6) is 11.5 Å². The zero-order valence-corrected chi connectivity index (χ0v) is 11.5. The van der Waals surface area contributed by atoms with Gasteiger partial charge in [-0.3, -0.25) is 0 Å². The molecule has 4 heteroatoms. The van der Waals surface area contributed by atoms with Crippen LogP contribution in [-0.2, 0) is 0 Å². The first kappa shape index (κ1) is 12.0. The van der Waals surface area contributed by atoms with E-state index in [9.17, 15) is 0 Å². The van der Waals surface area contributed by atoms with Gasteiger partial charge in [0.25, 0.3) is 0 Å². The first-order chi connectivity index (χ1) is 9.35. The number of hydrogen-bond donors (Lipinski definition) is 0. The normalized spacial score (nSPS) is 10.6. The number of fused-ring (bicyclic) bond motifs is 1. The molecule has 0 aliphatic rings. The largest absolute Gasteiger partial charge is 0.496 e. The SMILES string of the molecule is COc1cc(OC)c2ccccc2c1-c1cscn1. The zero-order chi connectivity index (χ0) is 13.2. The molecule has 0 aliphatic carbocycles. The molecule has 0 saturated carbocycles. The van der Waals surface area contributed by atoms with E-state index in [0.29, 0.717) is 0 Å². The van der Waals surface area contributed by atoms with E-state index in [0.717, 1.165) is 33.5 Å². The van der Waals surface area contributed by atoms with E-state index in [-0.39, 0.29) is 0 Å². The average Bonchev–Trinajstić information content (AvgIpc) is 2.99. The van der Waals surface area contributed by atoms with Crippen LogP contribution >= 0.6 is 11.3 Å². The first-order valence-electron chi connectivity index (χ1n) is 5.87. The third-order valence-electron chi connectivity index (χ3n) is 3.10. The van der Waals surface area contributed by atoms with Gasteiger partial charge in [-0.1, -0.05) is 24.3 Å². The highest BCUT2D eigenvalue weighted by Gasteiger charge is 2.15. The van der Waals surface area contributed by atoms with E-state index in [1.807, 2.05) is 35.2 Å². The fourth-order valence-corrected chi connectivity index (χ4v) is 2.79. The summed E-state index contributed by atoms with van der Waals surface area (Å²) in [5.74, 6) is 1.59. The fourth-order valence-electron chi connectivity index (χ4n) is 2.25. The third-order valence-corrected chi connectivity index (χ3v) is 3.69.